The average Bonchev–Trinajstić information content (AvgIpc) is 3.19. The second-order valence-electron chi connectivity index (χ2n) is 7.28. The standard InChI is InChI=1S/C21H21FN2O5S2/c1-28-17-8-7-13(9-18(17)29-2)10-20(25)23-21-24(15-6-4-3-5-14(15)22)16-11-31(26,27)12-19(16)30-21/h3-9,16,19H,10-12H2,1-2H3/t16-,19-/m1/s1. The summed E-state index contributed by atoms with van der Waals surface area (Å²) >= 11 is 1.21. The van der Waals surface area contributed by atoms with Gasteiger partial charge in [-0.25, -0.2) is 12.8 Å². The highest BCUT2D eigenvalue weighted by atomic mass is 32.2. The molecular formula is C21H21FN2O5S2. The lowest BCUT2D eigenvalue weighted by molar-refractivity contribution is -0.117. The van der Waals surface area contributed by atoms with Gasteiger partial charge in [0.2, 0.25) is 0 Å². The molecule has 0 unspecified atom stereocenters. The van der Waals surface area contributed by atoms with E-state index in [9.17, 15) is 17.6 Å². The van der Waals surface area contributed by atoms with Crippen molar-refractivity contribution in [2.75, 3.05) is 30.6 Å². The highest BCUT2D eigenvalue weighted by Crippen LogP contribution is 2.41. The number of sulfone groups is 1. The van der Waals surface area contributed by atoms with Crippen LogP contribution in [-0.2, 0) is 21.1 Å². The number of carbonyl (C=O) groups excluding carboxylic acids is 1. The Balaban J connectivity index is 1.63. The van der Waals surface area contributed by atoms with Crippen molar-refractivity contribution in [2.45, 2.75) is 17.7 Å². The van der Waals surface area contributed by atoms with Crippen molar-refractivity contribution in [2.24, 2.45) is 4.99 Å². The molecule has 2 aromatic rings. The summed E-state index contributed by atoms with van der Waals surface area (Å²) in [6, 6.07) is 10.8. The van der Waals surface area contributed by atoms with Crippen LogP contribution in [-0.4, -0.2) is 56.5 Å². The molecule has 2 aliphatic rings. The molecule has 164 valence electrons. The first kappa shape index (κ1) is 21.6. The lowest BCUT2D eigenvalue weighted by Gasteiger charge is -2.24. The molecule has 31 heavy (non-hydrogen) atoms. The van der Waals surface area contributed by atoms with Crippen LogP contribution in [0.4, 0.5) is 10.1 Å². The molecule has 2 fully saturated rings. The van der Waals surface area contributed by atoms with Crippen LogP contribution >= 0.6 is 11.8 Å². The molecule has 2 saturated heterocycles. The minimum absolute atomic E-state index is 0.0170. The normalized spacial score (nSPS) is 23.1. The van der Waals surface area contributed by atoms with Crippen molar-refractivity contribution in [3.63, 3.8) is 0 Å². The minimum Gasteiger partial charge on any atom is -0.493 e. The number of rotatable bonds is 5. The summed E-state index contributed by atoms with van der Waals surface area (Å²) in [7, 11) is -0.185. The maximum atomic E-state index is 14.5. The van der Waals surface area contributed by atoms with Gasteiger partial charge in [0.05, 0.1) is 43.9 Å². The third kappa shape index (κ3) is 4.40. The molecule has 2 atom stereocenters. The molecule has 4 rings (SSSR count). The lowest BCUT2D eigenvalue weighted by Crippen LogP contribution is -2.38. The van der Waals surface area contributed by atoms with Crippen LogP contribution in [0.15, 0.2) is 47.5 Å². The molecule has 0 aromatic heterocycles. The van der Waals surface area contributed by atoms with Gasteiger partial charge < -0.3 is 14.4 Å². The summed E-state index contributed by atoms with van der Waals surface area (Å²) in [5.41, 5.74) is 0.910. The third-order valence-electron chi connectivity index (χ3n) is 5.20. The fraction of sp³-hybridized carbons (Fsp3) is 0.333. The van der Waals surface area contributed by atoms with Crippen LogP contribution in [0.3, 0.4) is 0 Å². The van der Waals surface area contributed by atoms with Gasteiger partial charge in [-0.2, -0.15) is 4.99 Å². The Hall–Kier alpha value is -2.59. The van der Waals surface area contributed by atoms with Crippen molar-refractivity contribution < 1.29 is 27.1 Å². The lowest BCUT2D eigenvalue weighted by atomic mass is 10.1. The number of amides is 1. The summed E-state index contributed by atoms with van der Waals surface area (Å²) in [5.74, 6) is 0.0319. The van der Waals surface area contributed by atoms with Gasteiger partial charge in [0, 0.05) is 5.25 Å². The molecule has 0 N–H and O–H groups in total. The second kappa shape index (κ2) is 8.51. The Morgan fingerprint density at radius 3 is 2.61 bits per heavy atom. The SMILES string of the molecule is COc1ccc(CC(=O)N=C2S[C@@H]3CS(=O)(=O)C[C@H]3N2c2ccccc2F)cc1OC. The first-order valence-electron chi connectivity index (χ1n) is 9.54. The molecular weight excluding hydrogens is 443 g/mol. The third-order valence-corrected chi connectivity index (χ3v) is 8.41. The van der Waals surface area contributed by atoms with Gasteiger partial charge in [-0.15, -0.1) is 0 Å². The van der Waals surface area contributed by atoms with E-state index in [1.54, 1.807) is 41.3 Å². The zero-order valence-corrected chi connectivity index (χ0v) is 18.6. The van der Waals surface area contributed by atoms with E-state index in [0.29, 0.717) is 22.2 Å². The van der Waals surface area contributed by atoms with Crippen LogP contribution in [0.25, 0.3) is 0 Å². The topological polar surface area (TPSA) is 85.3 Å². The summed E-state index contributed by atoms with van der Waals surface area (Å²) < 4.78 is 49.3. The summed E-state index contributed by atoms with van der Waals surface area (Å²) in [5, 5.41) is 0.0257. The number of benzene rings is 2. The van der Waals surface area contributed by atoms with Crippen LogP contribution in [0, 0.1) is 5.82 Å². The molecule has 0 bridgehead atoms. The predicted octanol–water partition coefficient (Wildman–Crippen LogP) is 2.69. The molecule has 0 spiro atoms. The fourth-order valence-corrected chi connectivity index (χ4v) is 7.73. The summed E-state index contributed by atoms with van der Waals surface area (Å²) in [6.07, 6.45) is 0.0170. The number of amidine groups is 1. The first-order valence-corrected chi connectivity index (χ1v) is 12.2. The summed E-state index contributed by atoms with van der Waals surface area (Å²) in [6.45, 7) is 0. The number of methoxy groups -OCH3 is 2. The average molecular weight is 465 g/mol. The molecule has 7 nitrogen and oxygen atoms in total. The smallest absolute Gasteiger partial charge is 0.252 e. The maximum absolute atomic E-state index is 14.5. The zero-order valence-electron chi connectivity index (χ0n) is 16.9. The van der Waals surface area contributed by atoms with Gasteiger partial charge in [-0.1, -0.05) is 30.0 Å². The number of ether oxygens (including phenoxy) is 2. The number of thioether (sulfide) groups is 1. The molecule has 2 aliphatic heterocycles. The summed E-state index contributed by atoms with van der Waals surface area (Å²) in [4.78, 5) is 18.5. The van der Waals surface area contributed by atoms with Crippen LogP contribution in [0.1, 0.15) is 5.56 Å². The van der Waals surface area contributed by atoms with E-state index < -0.39 is 27.6 Å². The number of hydrogen-bond donors (Lipinski definition) is 0. The minimum atomic E-state index is -3.22. The Morgan fingerprint density at radius 1 is 1.16 bits per heavy atom. The van der Waals surface area contributed by atoms with Crippen LogP contribution in [0.2, 0.25) is 0 Å². The van der Waals surface area contributed by atoms with E-state index >= 15 is 0 Å². The molecule has 1 amide bonds. The number of anilines is 1. The molecule has 0 radical (unpaired) electrons. The van der Waals surface area contributed by atoms with E-state index in [4.69, 9.17) is 9.47 Å². The van der Waals surface area contributed by atoms with E-state index in [2.05, 4.69) is 4.99 Å². The molecule has 0 saturated carbocycles. The van der Waals surface area contributed by atoms with Crippen molar-refractivity contribution in [3.8, 4) is 11.5 Å². The maximum Gasteiger partial charge on any atom is 0.252 e. The molecule has 2 heterocycles. The Bertz CT molecular complexity index is 1150. The quantitative estimate of drug-likeness (QED) is 0.673. The van der Waals surface area contributed by atoms with Gasteiger partial charge in [0.25, 0.3) is 5.91 Å². The number of halogens is 1. The second-order valence-corrected chi connectivity index (χ2v) is 10.6. The van der Waals surface area contributed by atoms with E-state index in [1.807, 2.05) is 0 Å². The van der Waals surface area contributed by atoms with E-state index in [0.717, 1.165) is 0 Å². The van der Waals surface area contributed by atoms with E-state index in [1.165, 1.54) is 32.0 Å². The number of para-hydroxylation sites is 1. The largest absolute Gasteiger partial charge is 0.493 e. The van der Waals surface area contributed by atoms with Gasteiger partial charge in [0.1, 0.15) is 5.82 Å². The van der Waals surface area contributed by atoms with E-state index in [-0.39, 0.29) is 28.9 Å². The van der Waals surface area contributed by atoms with Crippen molar-refractivity contribution in [1.82, 2.24) is 0 Å². The fourth-order valence-electron chi connectivity index (χ4n) is 3.80. The highest BCUT2D eigenvalue weighted by Gasteiger charge is 2.49. The Labute approximate surface area is 184 Å². The Morgan fingerprint density at radius 2 is 1.90 bits per heavy atom. The number of hydrogen-bond acceptors (Lipinski definition) is 6. The Kier molecular flexibility index (Phi) is 5.94. The van der Waals surface area contributed by atoms with Crippen LogP contribution < -0.4 is 14.4 Å². The number of aliphatic imine (C=N–C) groups is 1. The van der Waals surface area contributed by atoms with Crippen LogP contribution in [0.5, 0.6) is 11.5 Å². The zero-order chi connectivity index (χ0) is 22.2. The molecule has 0 aliphatic carbocycles. The monoisotopic (exact) mass is 464 g/mol. The first-order chi connectivity index (χ1) is 14.8. The van der Waals surface area contributed by atoms with Gasteiger partial charge in [-0.3, -0.25) is 4.79 Å². The molecule has 2 aromatic carbocycles. The number of carbonyl (C=O) groups is 1. The number of nitrogens with zero attached hydrogens (tertiary/aromatic N) is 2. The number of fused-ring (bicyclic) bond motifs is 1. The highest BCUT2D eigenvalue weighted by molar-refractivity contribution is 8.16. The van der Waals surface area contributed by atoms with Crippen molar-refractivity contribution in [1.29, 1.82) is 0 Å². The van der Waals surface area contributed by atoms with Gasteiger partial charge in [-0.05, 0) is 29.8 Å². The molecule has 10 heteroatoms. The predicted molar refractivity (Wildman–Crippen MR) is 118 cm³/mol. The van der Waals surface area contributed by atoms with Gasteiger partial charge in [0.15, 0.2) is 26.5 Å². The van der Waals surface area contributed by atoms with Crippen molar-refractivity contribution in [3.05, 3.63) is 53.8 Å². The van der Waals surface area contributed by atoms with Gasteiger partial charge >= 0.3 is 0 Å². The van der Waals surface area contributed by atoms with Crippen molar-refractivity contribution >= 4 is 38.4 Å².